The van der Waals surface area contributed by atoms with Crippen LogP contribution in [0.5, 0.6) is 0 Å². The van der Waals surface area contributed by atoms with Gasteiger partial charge in [-0.15, -0.1) is 0 Å². The standard InChI is InChI=1S/C7H12N2O6/c8-3(6(12)13)2-9-4(7(14)15)1-5(10)11/h3-4,9H,1-2,8H2,(H,10,11)(H,12,13)(H,14,15)/t3-,4+/m1/s1. The molecule has 6 N–H and O–H groups in total. The molecule has 0 aromatic carbocycles. The fraction of sp³-hybridized carbons (Fsp3) is 0.571. The first-order chi connectivity index (χ1) is 6.84. The summed E-state index contributed by atoms with van der Waals surface area (Å²) in [6.07, 6.45) is -0.637. The van der Waals surface area contributed by atoms with Gasteiger partial charge in [0.05, 0.1) is 6.42 Å². The van der Waals surface area contributed by atoms with Gasteiger partial charge in [0.15, 0.2) is 0 Å². The molecule has 0 aliphatic carbocycles. The van der Waals surface area contributed by atoms with Crippen LogP contribution in [0.2, 0.25) is 0 Å². The molecule has 8 heteroatoms. The molecule has 0 heterocycles. The SMILES string of the molecule is N[C@H](CN[C@@H](CC(=O)O)C(=O)O)C(=O)O. The lowest BCUT2D eigenvalue weighted by atomic mass is 10.2. The van der Waals surface area contributed by atoms with Crippen LogP contribution in [-0.2, 0) is 14.4 Å². The number of nitrogens with two attached hydrogens (primary N) is 1. The van der Waals surface area contributed by atoms with Crippen molar-refractivity contribution in [3.63, 3.8) is 0 Å². The molecule has 0 saturated heterocycles. The molecule has 0 aromatic rings. The molecule has 0 unspecified atom stereocenters. The Bertz CT molecular complexity index is 266. The van der Waals surface area contributed by atoms with Crippen LogP contribution in [0.3, 0.4) is 0 Å². The molecular formula is C7H12N2O6. The van der Waals surface area contributed by atoms with Crippen LogP contribution in [-0.4, -0.2) is 51.9 Å². The Morgan fingerprint density at radius 3 is 2.00 bits per heavy atom. The summed E-state index contributed by atoms with van der Waals surface area (Å²) in [6, 6.07) is -2.60. The highest BCUT2D eigenvalue weighted by molar-refractivity contribution is 5.80. The van der Waals surface area contributed by atoms with Crippen molar-refractivity contribution in [2.75, 3.05) is 6.54 Å². The lowest BCUT2D eigenvalue weighted by Gasteiger charge is -2.13. The van der Waals surface area contributed by atoms with E-state index in [0.29, 0.717) is 0 Å². The Balaban J connectivity index is 4.13. The van der Waals surface area contributed by atoms with Crippen molar-refractivity contribution in [3.05, 3.63) is 0 Å². The normalized spacial score (nSPS) is 14.2. The average molecular weight is 220 g/mol. The summed E-state index contributed by atoms with van der Waals surface area (Å²) in [5.41, 5.74) is 5.09. The zero-order chi connectivity index (χ0) is 12.0. The maximum Gasteiger partial charge on any atom is 0.321 e. The second-order valence-corrected chi connectivity index (χ2v) is 2.84. The van der Waals surface area contributed by atoms with E-state index in [1.54, 1.807) is 0 Å². The quantitative estimate of drug-likeness (QED) is 0.328. The van der Waals surface area contributed by atoms with Crippen molar-refractivity contribution < 1.29 is 29.7 Å². The number of nitrogens with one attached hydrogen (secondary N) is 1. The first-order valence-electron chi connectivity index (χ1n) is 4.01. The Kier molecular flexibility index (Phi) is 5.27. The van der Waals surface area contributed by atoms with E-state index in [1.807, 2.05) is 0 Å². The highest BCUT2D eigenvalue weighted by atomic mass is 16.4. The zero-order valence-corrected chi connectivity index (χ0v) is 7.71. The second-order valence-electron chi connectivity index (χ2n) is 2.84. The predicted molar refractivity (Wildman–Crippen MR) is 47.3 cm³/mol. The number of hydrogen-bond donors (Lipinski definition) is 5. The maximum atomic E-state index is 10.5. The average Bonchev–Trinajstić information content (AvgIpc) is 2.10. The minimum absolute atomic E-state index is 0.306. The molecule has 0 bridgehead atoms. The van der Waals surface area contributed by atoms with E-state index in [0.717, 1.165) is 0 Å². The third-order valence-electron chi connectivity index (χ3n) is 1.58. The summed E-state index contributed by atoms with van der Waals surface area (Å²) in [7, 11) is 0. The molecule has 15 heavy (non-hydrogen) atoms. The van der Waals surface area contributed by atoms with Gasteiger partial charge in [-0.25, -0.2) is 0 Å². The van der Waals surface area contributed by atoms with E-state index < -0.39 is 36.4 Å². The van der Waals surface area contributed by atoms with Crippen molar-refractivity contribution in [3.8, 4) is 0 Å². The molecule has 0 fully saturated rings. The molecule has 86 valence electrons. The lowest BCUT2D eigenvalue weighted by molar-refractivity contribution is -0.146. The van der Waals surface area contributed by atoms with E-state index in [1.165, 1.54) is 0 Å². The van der Waals surface area contributed by atoms with Gasteiger partial charge < -0.3 is 26.4 Å². The van der Waals surface area contributed by atoms with E-state index in [-0.39, 0.29) is 6.54 Å². The van der Waals surface area contributed by atoms with Crippen LogP contribution < -0.4 is 11.1 Å². The van der Waals surface area contributed by atoms with E-state index in [4.69, 9.17) is 21.1 Å². The largest absolute Gasteiger partial charge is 0.481 e. The summed E-state index contributed by atoms with van der Waals surface area (Å²) in [5, 5.41) is 27.5. The third kappa shape index (κ3) is 5.60. The Morgan fingerprint density at radius 2 is 1.67 bits per heavy atom. The smallest absolute Gasteiger partial charge is 0.321 e. The van der Waals surface area contributed by atoms with Crippen LogP contribution in [0.25, 0.3) is 0 Å². The van der Waals surface area contributed by atoms with Gasteiger partial charge in [-0.3, -0.25) is 14.4 Å². The third-order valence-corrected chi connectivity index (χ3v) is 1.58. The van der Waals surface area contributed by atoms with Gasteiger partial charge in [0.25, 0.3) is 0 Å². The fourth-order valence-electron chi connectivity index (χ4n) is 0.778. The molecule has 0 spiro atoms. The van der Waals surface area contributed by atoms with Gasteiger partial charge in [-0.1, -0.05) is 0 Å². The number of aliphatic carboxylic acids is 3. The summed E-state index contributed by atoms with van der Waals surface area (Å²) in [6.45, 7) is -0.306. The molecule has 8 nitrogen and oxygen atoms in total. The van der Waals surface area contributed by atoms with E-state index in [2.05, 4.69) is 5.32 Å². The highest BCUT2D eigenvalue weighted by Gasteiger charge is 2.22. The second kappa shape index (κ2) is 5.94. The Labute approximate surface area is 84.7 Å². The maximum absolute atomic E-state index is 10.5. The van der Waals surface area contributed by atoms with Gasteiger partial charge in [0.1, 0.15) is 12.1 Å². The van der Waals surface area contributed by atoms with Crippen LogP contribution in [0, 0.1) is 0 Å². The minimum atomic E-state index is -1.37. The van der Waals surface area contributed by atoms with Gasteiger partial charge in [0.2, 0.25) is 0 Å². The summed E-state index contributed by atoms with van der Waals surface area (Å²) in [4.78, 5) is 31.0. The molecule has 0 aliphatic rings. The Hall–Kier alpha value is -1.67. The first-order valence-corrected chi connectivity index (χ1v) is 4.01. The Morgan fingerprint density at radius 1 is 1.13 bits per heavy atom. The van der Waals surface area contributed by atoms with E-state index in [9.17, 15) is 14.4 Å². The molecule has 0 aromatic heterocycles. The lowest BCUT2D eigenvalue weighted by Crippen LogP contribution is -2.47. The van der Waals surface area contributed by atoms with Gasteiger partial charge >= 0.3 is 17.9 Å². The molecule has 0 radical (unpaired) electrons. The molecule has 0 aliphatic heterocycles. The van der Waals surface area contributed by atoms with Crippen LogP contribution in [0.15, 0.2) is 0 Å². The summed E-state index contributed by atoms with van der Waals surface area (Å²) in [5.74, 6) is -3.95. The zero-order valence-electron chi connectivity index (χ0n) is 7.71. The number of rotatable bonds is 7. The van der Waals surface area contributed by atoms with Crippen LogP contribution in [0.1, 0.15) is 6.42 Å². The number of carboxylic acid groups (broad SMARTS) is 3. The fourth-order valence-corrected chi connectivity index (χ4v) is 0.778. The number of carbonyl (C=O) groups is 3. The molecule has 0 rings (SSSR count). The van der Waals surface area contributed by atoms with Crippen LogP contribution in [0.4, 0.5) is 0 Å². The first kappa shape index (κ1) is 13.3. The van der Waals surface area contributed by atoms with Crippen molar-refractivity contribution in [1.82, 2.24) is 5.32 Å². The topological polar surface area (TPSA) is 150 Å². The van der Waals surface area contributed by atoms with Crippen molar-refractivity contribution >= 4 is 17.9 Å². The van der Waals surface area contributed by atoms with E-state index >= 15 is 0 Å². The minimum Gasteiger partial charge on any atom is -0.481 e. The number of carboxylic acids is 3. The highest BCUT2D eigenvalue weighted by Crippen LogP contribution is 1.92. The van der Waals surface area contributed by atoms with Crippen molar-refractivity contribution in [1.29, 1.82) is 0 Å². The molecule has 2 atom stereocenters. The summed E-state index contributed by atoms with van der Waals surface area (Å²) < 4.78 is 0. The summed E-state index contributed by atoms with van der Waals surface area (Å²) >= 11 is 0. The van der Waals surface area contributed by atoms with Gasteiger partial charge in [-0.05, 0) is 0 Å². The molecule has 0 saturated carbocycles. The molecule has 0 amide bonds. The molecular weight excluding hydrogens is 208 g/mol. The van der Waals surface area contributed by atoms with Gasteiger partial charge in [0, 0.05) is 6.54 Å². The van der Waals surface area contributed by atoms with Crippen molar-refractivity contribution in [2.24, 2.45) is 5.73 Å². The van der Waals surface area contributed by atoms with Crippen LogP contribution >= 0.6 is 0 Å². The van der Waals surface area contributed by atoms with Gasteiger partial charge in [-0.2, -0.15) is 0 Å². The monoisotopic (exact) mass is 220 g/mol. The number of hydrogen-bond acceptors (Lipinski definition) is 5. The predicted octanol–water partition coefficient (Wildman–Crippen LogP) is -2.08. The van der Waals surface area contributed by atoms with Crippen molar-refractivity contribution in [2.45, 2.75) is 18.5 Å².